The smallest absolute Gasteiger partial charge is 0.275 e. The summed E-state index contributed by atoms with van der Waals surface area (Å²) < 4.78 is 15.0. The van der Waals surface area contributed by atoms with Crippen LogP contribution in [0.25, 0.3) is 4.96 Å². The van der Waals surface area contributed by atoms with Gasteiger partial charge in [-0.3, -0.25) is 9.59 Å². The molecule has 2 heterocycles. The van der Waals surface area contributed by atoms with Crippen LogP contribution in [0.4, 0.5) is 10.1 Å². The number of anilines is 1. The number of aryl methyl sites for hydroxylation is 2. The molecule has 6 nitrogen and oxygen atoms in total. The largest absolute Gasteiger partial charge is 0.323 e. The van der Waals surface area contributed by atoms with Crippen LogP contribution in [0, 0.1) is 12.7 Å². The molecule has 1 aromatic carbocycles. The Morgan fingerprint density at radius 3 is 2.92 bits per heavy atom. The molecule has 1 amide bonds. The first-order valence-electron chi connectivity index (χ1n) is 7.98. The van der Waals surface area contributed by atoms with Crippen molar-refractivity contribution in [2.75, 3.05) is 11.1 Å². The first-order chi connectivity index (χ1) is 12.5. The maximum atomic E-state index is 13.7. The minimum Gasteiger partial charge on any atom is -0.323 e. The molecule has 0 bridgehead atoms. The van der Waals surface area contributed by atoms with Crippen LogP contribution in [0.3, 0.4) is 0 Å². The van der Waals surface area contributed by atoms with Crippen LogP contribution in [0.2, 0.25) is 0 Å². The predicted molar refractivity (Wildman–Crippen MR) is 102 cm³/mol. The standard InChI is InChI=1S/C17H17FN4O2S2/c1-3-15-21-22-16(24)7-11(19-17(22)26-15)8-25-9-14(23)20-13-5-4-10(2)6-12(13)18/h4-7H,3,8-9H2,1-2H3,(H,20,23). The highest BCUT2D eigenvalue weighted by Crippen LogP contribution is 2.17. The summed E-state index contributed by atoms with van der Waals surface area (Å²) in [4.78, 5) is 29.0. The number of hydrogen-bond acceptors (Lipinski definition) is 6. The molecule has 1 N–H and O–H groups in total. The van der Waals surface area contributed by atoms with Crippen molar-refractivity contribution in [3.8, 4) is 0 Å². The van der Waals surface area contributed by atoms with E-state index in [9.17, 15) is 14.0 Å². The topological polar surface area (TPSA) is 76.4 Å². The zero-order valence-corrected chi connectivity index (χ0v) is 15.9. The fourth-order valence-corrected chi connectivity index (χ4v) is 3.84. The quantitative estimate of drug-likeness (QED) is 0.698. The maximum absolute atomic E-state index is 13.7. The van der Waals surface area contributed by atoms with Crippen LogP contribution in [0.15, 0.2) is 29.1 Å². The number of nitrogens with one attached hydrogen (secondary N) is 1. The zero-order valence-electron chi connectivity index (χ0n) is 14.3. The van der Waals surface area contributed by atoms with E-state index in [4.69, 9.17) is 0 Å². The summed E-state index contributed by atoms with van der Waals surface area (Å²) in [6, 6.07) is 6.07. The Labute approximate surface area is 157 Å². The van der Waals surface area contributed by atoms with Crippen molar-refractivity contribution in [3.05, 3.63) is 56.7 Å². The predicted octanol–water partition coefficient (Wildman–Crippen LogP) is 3.03. The van der Waals surface area contributed by atoms with E-state index in [1.165, 1.54) is 39.7 Å². The van der Waals surface area contributed by atoms with Gasteiger partial charge in [-0.25, -0.2) is 9.37 Å². The van der Waals surface area contributed by atoms with Crippen molar-refractivity contribution < 1.29 is 9.18 Å². The molecule has 0 aliphatic rings. The number of carbonyl (C=O) groups excluding carboxylic acids is 1. The number of fused-ring (bicyclic) bond motifs is 1. The van der Waals surface area contributed by atoms with E-state index in [-0.39, 0.29) is 22.9 Å². The van der Waals surface area contributed by atoms with Crippen molar-refractivity contribution in [2.24, 2.45) is 0 Å². The van der Waals surface area contributed by atoms with Gasteiger partial charge in [0, 0.05) is 11.8 Å². The Kier molecular flexibility index (Phi) is 5.67. The van der Waals surface area contributed by atoms with Crippen molar-refractivity contribution in [3.63, 3.8) is 0 Å². The first kappa shape index (κ1) is 18.5. The Morgan fingerprint density at radius 2 is 2.19 bits per heavy atom. The number of nitrogens with zero attached hydrogens (tertiary/aromatic N) is 3. The van der Waals surface area contributed by atoms with E-state index < -0.39 is 5.82 Å². The molecular weight excluding hydrogens is 375 g/mol. The average molecular weight is 392 g/mol. The second-order valence-electron chi connectivity index (χ2n) is 5.65. The summed E-state index contributed by atoms with van der Waals surface area (Å²) in [5, 5.41) is 7.59. The number of aromatic nitrogens is 3. The fourth-order valence-electron chi connectivity index (χ4n) is 2.27. The molecule has 136 valence electrons. The zero-order chi connectivity index (χ0) is 18.7. The molecule has 0 atom stereocenters. The molecular formula is C17H17FN4O2S2. The molecule has 2 aromatic heterocycles. The Balaban J connectivity index is 1.59. The van der Waals surface area contributed by atoms with Crippen LogP contribution in [-0.2, 0) is 17.0 Å². The van der Waals surface area contributed by atoms with Crippen molar-refractivity contribution in [1.29, 1.82) is 0 Å². The minimum absolute atomic E-state index is 0.136. The lowest BCUT2D eigenvalue weighted by Gasteiger charge is -2.07. The van der Waals surface area contributed by atoms with Gasteiger partial charge in [0.1, 0.15) is 10.8 Å². The van der Waals surface area contributed by atoms with Crippen molar-refractivity contribution in [2.45, 2.75) is 26.0 Å². The Morgan fingerprint density at radius 1 is 1.38 bits per heavy atom. The summed E-state index contributed by atoms with van der Waals surface area (Å²) in [5.41, 5.74) is 1.32. The lowest BCUT2D eigenvalue weighted by Crippen LogP contribution is -2.17. The Bertz CT molecular complexity index is 1020. The molecule has 0 saturated heterocycles. The molecule has 0 fully saturated rings. The third-order valence-corrected chi connectivity index (χ3v) is 5.54. The SMILES string of the molecule is CCc1nn2c(=O)cc(CSCC(=O)Nc3ccc(C)cc3F)nc2s1. The molecule has 3 aromatic rings. The lowest BCUT2D eigenvalue weighted by atomic mass is 10.2. The highest BCUT2D eigenvalue weighted by molar-refractivity contribution is 7.99. The maximum Gasteiger partial charge on any atom is 0.275 e. The lowest BCUT2D eigenvalue weighted by molar-refractivity contribution is -0.113. The van der Waals surface area contributed by atoms with Gasteiger partial charge < -0.3 is 5.32 Å². The number of rotatable bonds is 6. The number of hydrogen-bond donors (Lipinski definition) is 1. The number of amides is 1. The second-order valence-corrected chi connectivity index (χ2v) is 7.68. The van der Waals surface area contributed by atoms with E-state index in [0.717, 1.165) is 17.0 Å². The van der Waals surface area contributed by atoms with E-state index >= 15 is 0 Å². The van der Waals surface area contributed by atoms with E-state index in [2.05, 4.69) is 15.4 Å². The summed E-state index contributed by atoms with van der Waals surface area (Å²) in [6.45, 7) is 3.75. The van der Waals surface area contributed by atoms with Gasteiger partial charge in [0.05, 0.1) is 17.1 Å². The number of halogens is 1. The van der Waals surface area contributed by atoms with E-state index in [0.29, 0.717) is 16.4 Å². The normalized spacial score (nSPS) is 11.0. The molecule has 3 rings (SSSR count). The van der Waals surface area contributed by atoms with Crippen molar-refractivity contribution >= 4 is 39.7 Å². The summed E-state index contributed by atoms with van der Waals surface area (Å²) >= 11 is 2.69. The molecule has 0 spiro atoms. The highest BCUT2D eigenvalue weighted by atomic mass is 32.2. The van der Waals surface area contributed by atoms with Gasteiger partial charge >= 0.3 is 0 Å². The summed E-state index contributed by atoms with van der Waals surface area (Å²) in [7, 11) is 0. The van der Waals surface area contributed by atoms with Gasteiger partial charge in [-0.05, 0) is 31.0 Å². The van der Waals surface area contributed by atoms with E-state index in [1.807, 2.05) is 6.92 Å². The number of carbonyl (C=O) groups is 1. The van der Waals surface area contributed by atoms with Gasteiger partial charge in [-0.15, -0.1) is 11.8 Å². The monoisotopic (exact) mass is 392 g/mol. The van der Waals surface area contributed by atoms with E-state index in [1.54, 1.807) is 19.1 Å². The molecule has 0 saturated carbocycles. The highest BCUT2D eigenvalue weighted by Gasteiger charge is 2.10. The molecule has 0 aliphatic heterocycles. The van der Waals surface area contributed by atoms with Crippen LogP contribution >= 0.6 is 23.1 Å². The third-order valence-electron chi connectivity index (χ3n) is 3.52. The van der Waals surface area contributed by atoms with Crippen LogP contribution in [0.5, 0.6) is 0 Å². The van der Waals surface area contributed by atoms with Gasteiger partial charge in [0.15, 0.2) is 0 Å². The molecule has 0 aliphatic carbocycles. The van der Waals surface area contributed by atoms with Crippen LogP contribution in [-0.4, -0.2) is 26.3 Å². The van der Waals surface area contributed by atoms with Gasteiger partial charge in [0.25, 0.3) is 5.56 Å². The molecule has 26 heavy (non-hydrogen) atoms. The Hall–Kier alpha value is -2.26. The van der Waals surface area contributed by atoms with Crippen LogP contribution in [0.1, 0.15) is 23.2 Å². The van der Waals surface area contributed by atoms with Gasteiger partial charge in [0.2, 0.25) is 10.9 Å². The molecule has 0 unspecified atom stereocenters. The number of benzene rings is 1. The van der Waals surface area contributed by atoms with Crippen LogP contribution < -0.4 is 10.9 Å². The average Bonchev–Trinajstić information content (AvgIpc) is 3.01. The fraction of sp³-hybridized carbons (Fsp3) is 0.294. The summed E-state index contributed by atoms with van der Waals surface area (Å²) in [6.07, 6.45) is 0.743. The molecule has 9 heteroatoms. The first-order valence-corrected chi connectivity index (χ1v) is 9.96. The summed E-state index contributed by atoms with van der Waals surface area (Å²) in [5.74, 6) is -0.214. The molecule has 0 radical (unpaired) electrons. The third kappa shape index (κ3) is 4.28. The van der Waals surface area contributed by atoms with Gasteiger partial charge in [-0.2, -0.15) is 9.61 Å². The second kappa shape index (κ2) is 7.96. The van der Waals surface area contributed by atoms with Crippen molar-refractivity contribution in [1.82, 2.24) is 14.6 Å². The van der Waals surface area contributed by atoms with Gasteiger partial charge in [-0.1, -0.05) is 24.3 Å². The minimum atomic E-state index is -0.458. The number of thioether (sulfide) groups is 1.